The molecule has 4 heteroatoms. The van der Waals surface area contributed by atoms with E-state index in [4.69, 9.17) is 4.74 Å². The minimum absolute atomic E-state index is 0.242. The zero-order valence-electron chi connectivity index (χ0n) is 8.56. The van der Waals surface area contributed by atoms with Gasteiger partial charge in [0.25, 0.3) is 0 Å². The SMILES string of the molecule is C[C](C)COc1cccc(C(F)(F)F)c1. The Morgan fingerprint density at radius 1 is 1.27 bits per heavy atom. The maximum Gasteiger partial charge on any atom is 0.416 e. The fourth-order valence-corrected chi connectivity index (χ4v) is 0.990. The molecule has 1 aromatic rings. The first-order valence-corrected chi connectivity index (χ1v) is 4.48. The summed E-state index contributed by atoms with van der Waals surface area (Å²) in [6, 6.07) is 4.87. The van der Waals surface area contributed by atoms with Crippen molar-refractivity contribution in [3.05, 3.63) is 35.7 Å². The van der Waals surface area contributed by atoms with Gasteiger partial charge in [-0.2, -0.15) is 13.2 Å². The molecule has 0 heterocycles. The summed E-state index contributed by atoms with van der Waals surface area (Å²) >= 11 is 0. The van der Waals surface area contributed by atoms with Crippen molar-refractivity contribution in [2.24, 2.45) is 0 Å². The Labute approximate surface area is 86.9 Å². The highest BCUT2D eigenvalue weighted by Gasteiger charge is 2.30. The van der Waals surface area contributed by atoms with Gasteiger partial charge >= 0.3 is 6.18 Å². The van der Waals surface area contributed by atoms with E-state index in [1.807, 2.05) is 13.8 Å². The minimum atomic E-state index is -4.32. The highest BCUT2D eigenvalue weighted by molar-refractivity contribution is 5.30. The van der Waals surface area contributed by atoms with E-state index >= 15 is 0 Å². The van der Waals surface area contributed by atoms with Crippen LogP contribution >= 0.6 is 0 Å². The van der Waals surface area contributed by atoms with Gasteiger partial charge in [0.2, 0.25) is 0 Å². The van der Waals surface area contributed by atoms with Crippen LogP contribution in [-0.2, 0) is 6.18 Å². The van der Waals surface area contributed by atoms with Crippen molar-refractivity contribution in [1.29, 1.82) is 0 Å². The topological polar surface area (TPSA) is 9.23 Å². The van der Waals surface area contributed by atoms with Gasteiger partial charge in [0.15, 0.2) is 0 Å². The molecule has 0 aromatic heterocycles. The summed E-state index contributed by atoms with van der Waals surface area (Å²) in [6.45, 7) is 4.04. The lowest BCUT2D eigenvalue weighted by atomic mass is 10.2. The van der Waals surface area contributed by atoms with Gasteiger partial charge in [-0.05, 0) is 18.2 Å². The van der Waals surface area contributed by atoms with Gasteiger partial charge in [-0.3, -0.25) is 0 Å². The molecule has 0 aliphatic heterocycles. The average molecular weight is 217 g/mol. The molecule has 0 aliphatic rings. The molecule has 1 aromatic carbocycles. The fourth-order valence-electron chi connectivity index (χ4n) is 0.990. The van der Waals surface area contributed by atoms with E-state index in [1.54, 1.807) is 0 Å². The highest BCUT2D eigenvalue weighted by atomic mass is 19.4. The van der Waals surface area contributed by atoms with Gasteiger partial charge in [-0.25, -0.2) is 0 Å². The molecular weight excluding hydrogens is 205 g/mol. The van der Waals surface area contributed by atoms with Gasteiger partial charge in [0.05, 0.1) is 12.2 Å². The maximum absolute atomic E-state index is 12.3. The van der Waals surface area contributed by atoms with Crippen LogP contribution in [-0.4, -0.2) is 6.61 Å². The zero-order valence-corrected chi connectivity index (χ0v) is 8.56. The third kappa shape index (κ3) is 3.81. The third-order valence-electron chi connectivity index (χ3n) is 1.69. The molecule has 0 aliphatic carbocycles. The Bertz CT molecular complexity index is 318. The van der Waals surface area contributed by atoms with Gasteiger partial charge in [-0.1, -0.05) is 19.9 Å². The van der Waals surface area contributed by atoms with Gasteiger partial charge in [-0.15, -0.1) is 0 Å². The molecule has 0 unspecified atom stereocenters. The van der Waals surface area contributed by atoms with Crippen molar-refractivity contribution in [2.75, 3.05) is 6.61 Å². The van der Waals surface area contributed by atoms with Crippen LogP contribution < -0.4 is 4.74 Å². The molecule has 0 spiro atoms. The molecule has 83 valence electrons. The first-order chi connectivity index (χ1) is 6.89. The molecular formula is C11H12F3O. The lowest BCUT2D eigenvalue weighted by Gasteiger charge is -2.11. The number of hydrogen-bond donors (Lipinski definition) is 0. The molecule has 1 radical (unpaired) electrons. The molecule has 1 rings (SSSR count). The lowest BCUT2D eigenvalue weighted by Crippen LogP contribution is -2.07. The van der Waals surface area contributed by atoms with Gasteiger partial charge in [0, 0.05) is 5.92 Å². The van der Waals surface area contributed by atoms with Crippen LogP contribution in [0.1, 0.15) is 19.4 Å². The summed E-state index contributed by atoms with van der Waals surface area (Å²) in [5.41, 5.74) is -0.686. The average Bonchev–Trinajstić information content (AvgIpc) is 2.14. The Hall–Kier alpha value is -1.19. The molecule has 0 atom stereocenters. The second-order valence-corrected chi connectivity index (χ2v) is 3.52. The van der Waals surface area contributed by atoms with Crippen LogP contribution in [0, 0.1) is 5.92 Å². The smallest absolute Gasteiger partial charge is 0.416 e. The van der Waals surface area contributed by atoms with Gasteiger partial charge in [0.1, 0.15) is 5.75 Å². The quantitative estimate of drug-likeness (QED) is 0.750. The Morgan fingerprint density at radius 3 is 2.47 bits per heavy atom. The molecule has 0 bridgehead atoms. The zero-order chi connectivity index (χ0) is 11.5. The fraction of sp³-hybridized carbons (Fsp3) is 0.364. The summed E-state index contributed by atoms with van der Waals surface area (Å²) < 4.78 is 42.1. The van der Waals surface area contributed by atoms with Gasteiger partial charge < -0.3 is 4.74 Å². The summed E-state index contributed by atoms with van der Waals surface area (Å²) in [7, 11) is 0. The molecule has 0 N–H and O–H groups in total. The Kier molecular flexibility index (Phi) is 3.61. The maximum atomic E-state index is 12.3. The summed E-state index contributed by atoms with van der Waals surface area (Å²) in [6.07, 6.45) is -4.32. The van der Waals surface area contributed by atoms with Crippen LogP contribution in [0.5, 0.6) is 5.75 Å². The van der Waals surface area contributed by atoms with Crippen molar-refractivity contribution in [1.82, 2.24) is 0 Å². The minimum Gasteiger partial charge on any atom is -0.493 e. The van der Waals surface area contributed by atoms with Crippen LogP contribution in [0.25, 0.3) is 0 Å². The lowest BCUT2D eigenvalue weighted by molar-refractivity contribution is -0.137. The van der Waals surface area contributed by atoms with E-state index in [-0.39, 0.29) is 5.75 Å². The van der Waals surface area contributed by atoms with Crippen molar-refractivity contribution < 1.29 is 17.9 Å². The van der Waals surface area contributed by atoms with Crippen molar-refractivity contribution >= 4 is 0 Å². The monoisotopic (exact) mass is 217 g/mol. The van der Waals surface area contributed by atoms with Crippen molar-refractivity contribution in [2.45, 2.75) is 20.0 Å². The molecule has 1 nitrogen and oxygen atoms in total. The first-order valence-electron chi connectivity index (χ1n) is 4.48. The van der Waals surface area contributed by atoms with Crippen LogP contribution in [0.2, 0.25) is 0 Å². The number of rotatable bonds is 3. The second-order valence-electron chi connectivity index (χ2n) is 3.52. The van der Waals surface area contributed by atoms with E-state index in [9.17, 15) is 13.2 Å². The molecule has 0 saturated carbocycles. The van der Waals surface area contributed by atoms with Crippen molar-refractivity contribution in [3.63, 3.8) is 0 Å². The van der Waals surface area contributed by atoms with E-state index in [0.29, 0.717) is 6.61 Å². The van der Waals surface area contributed by atoms with Crippen molar-refractivity contribution in [3.8, 4) is 5.75 Å². The molecule has 0 saturated heterocycles. The van der Waals surface area contributed by atoms with E-state index in [1.165, 1.54) is 12.1 Å². The number of halogens is 3. The van der Waals surface area contributed by atoms with E-state index in [2.05, 4.69) is 0 Å². The predicted octanol–water partition coefficient (Wildman–Crippen LogP) is 3.70. The summed E-state index contributed by atoms with van der Waals surface area (Å²) in [5.74, 6) is 1.25. The Balaban J connectivity index is 2.75. The number of ether oxygens (including phenoxy) is 1. The second kappa shape index (κ2) is 4.55. The van der Waals surface area contributed by atoms with Crippen LogP contribution in [0.3, 0.4) is 0 Å². The van der Waals surface area contributed by atoms with E-state index < -0.39 is 11.7 Å². The normalized spacial score (nSPS) is 11.9. The number of alkyl halides is 3. The van der Waals surface area contributed by atoms with Crippen LogP contribution in [0.4, 0.5) is 13.2 Å². The Morgan fingerprint density at radius 2 is 1.93 bits per heavy atom. The number of benzene rings is 1. The summed E-state index contributed by atoms with van der Waals surface area (Å²) in [4.78, 5) is 0. The predicted molar refractivity (Wildman–Crippen MR) is 51.5 cm³/mol. The summed E-state index contributed by atoms with van der Waals surface area (Å²) in [5, 5.41) is 0. The van der Waals surface area contributed by atoms with Crippen LogP contribution in [0.15, 0.2) is 24.3 Å². The standard InChI is InChI=1S/C11H12F3O/c1-8(2)7-15-10-5-3-4-9(6-10)11(12,13)14/h3-6H,7H2,1-2H3. The highest BCUT2D eigenvalue weighted by Crippen LogP contribution is 2.31. The molecule has 15 heavy (non-hydrogen) atoms. The molecule has 0 amide bonds. The number of hydrogen-bond acceptors (Lipinski definition) is 1. The molecule has 0 fully saturated rings. The van der Waals surface area contributed by atoms with E-state index in [0.717, 1.165) is 18.1 Å². The first kappa shape index (κ1) is 11.9. The third-order valence-corrected chi connectivity index (χ3v) is 1.69. The largest absolute Gasteiger partial charge is 0.493 e.